The third-order valence-corrected chi connectivity index (χ3v) is 12.1. The van der Waals surface area contributed by atoms with Crippen molar-refractivity contribution in [2.75, 3.05) is 6.16 Å². The van der Waals surface area contributed by atoms with Gasteiger partial charge in [0.2, 0.25) is 0 Å². The van der Waals surface area contributed by atoms with Crippen LogP contribution in [0.15, 0.2) is 84.5 Å². The van der Waals surface area contributed by atoms with Crippen molar-refractivity contribution in [1.29, 1.82) is 0 Å². The van der Waals surface area contributed by atoms with Crippen LogP contribution in [0.5, 0.6) is 11.5 Å². The first-order valence-corrected chi connectivity index (χ1v) is 15.7. The minimum atomic E-state index is -1.84. The molecule has 32 heavy (non-hydrogen) atoms. The van der Waals surface area contributed by atoms with Crippen LogP contribution in [0.3, 0.4) is 0 Å². The molecule has 2 aromatic rings. The Balaban J connectivity index is 1.70. The Labute approximate surface area is 196 Å². The molecule has 172 valence electrons. The van der Waals surface area contributed by atoms with Gasteiger partial charge in [0.05, 0.1) is 12.3 Å². The lowest BCUT2D eigenvalue weighted by Gasteiger charge is -2.41. The van der Waals surface area contributed by atoms with Crippen molar-refractivity contribution in [3.8, 4) is 11.5 Å². The SMILES string of the molecule is C=C1CC/C(=C/CP(Oc2ccccc2)Oc2ccccc2)C[C@H]1O[Si](C)(C)C(C)(C)C. The largest absolute Gasteiger partial charge is 0.438 e. The topological polar surface area (TPSA) is 27.7 Å². The summed E-state index contributed by atoms with van der Waals surface area (Å²) >= 11 is 0. The van der Waals surface area contributed by atoms with Gasteiger partial charge in [-0.25, -0.2) is 0 Å². The van der Waals surface area contributed by atoms with Crippen molar-refractivity contribution < 1.29 is 13.5 Å². The lowest BCUT2D eigenvalue weighted by atomic mass is 9.89. The first-order valence-electron chi connectivity index (χ1n) is 11.4. The number of benzene rings is 2. The maximum atomic E-state index is 6.73. The molecule has 0 aromatic heterocycles. The molecule has 3 rings (SSSR count). The summed E-state index contributed by atoms with van der Waals surface area (Å²) in [5.74, 6) is 1.67. The van der Waals surface area contributed by atoms with E-state index >= 15 is 0 Å². The smallest absolute Gasteiger partial charge is 0.294 e. The summed E-state index contributed by atoms with van der Waals surface area (Å²) in [5.41, 5.74) is 2.65. The monoisotopic (exact) mass is 468 g/mol. The molecule has 0 unspecified atom stereocenters. The minimum absolute atomic E-state index is 0.118. The van der Waals surface area contributed by atoms with Crippen molar-refractivity contribution in [3.63, 3.8) is 0 Å². The average Bonchev–Trinajstić information content (AvgIpc) is 2.74. The Morgan fingerprint density at radius 3 is 1.97 bits per heavy atom. The van der Waals surface area contributed by atoms with Crippen LogP contribution in [0.1, 0.15) is 40.0 Å². The van der Waals surface area contributed by atoms with Crippen molar-refractivity contribution in [2.24, 2.45) is 0 Å². The third-order valence-electron chi connectivity index (χ3n) is 6.34. The van der Waals surface area contributed by atoms with Crippen LogP contribution in [0.25, 0.3) is 0 Å². The molecule has 0 N–H and O–H groups in total. The quantitative estimate of drug-likeness (QED) is 0.221. The summed E-state index contributed by atoms with van der Waals surface area (Å²) in [6.45, 7) is 15.8. The molecule has 1 aliphatic carbocycles. The molecule has 0 saturated heterocycles. The molecule has 0 radical (unpaired) electrons. The number of rotatable bonds is 8. The van der Waals surface area contributed by atoms with E-state index in [0.29, 0.717) is 0 Å². The van der Waals surface area contributed by atoms with Gasteiger partial charge in [-0.15, -0.1) is 0 Å². The highest BCUT2D eigenvalue weighted by atomic mass is 31.2. The molecule has 0 spiro atoms. The molecule has 1 aliphatic rings. The van der Waals surface area contributed by atoms with Crippen molar-refractivity contribution in [3.05, 3.63) is 84.5 Å². The molecule has 0 bridgehead atoms. The van der Waals surface area contributed by atoms with Gasteiger partial charge in [0.25, 0.3) is 8.38 Å². The van der Waals surface area contributed by atoms with E-state index in [9.17, 15) is 0 Å². The van der Waals surface area contributed by atoms with Crippen molar-refractivity contribution in [2.45, 2.75) is 64.3 Å². The Kier molecular flexibility index (Phi) is 8.38. The van der Waals surface area contributed by atoms with Crippen molar-refractivity contribution in [1.82, 2.24) is 0 Å². The predicted octanol–water partition coefficient (Wildman–Crippen LogP) is 8.51. The van der Waals surface area contributed by atoms with Crippen LogP contribution in [0.4, 0.5) is 0 Å². The summed E-state index contributed by atoms with van der Waals surface area (Å²) in [5, 5.41) is 0.190. The fraction of sp³-hybridized carbons (Fsp3) is 0.407. The average molecular weight is 469 g/mol. The van der Waals surface area contributed by atoms with E-state index in [1.165, 1.54) is 11.1 Å². The molecule has 3 nitrogen and oxygen atoms in total. The second-order valence-corrected chi connectivity index (χ2v) is 16.1. The lowest BCUT2D eigenvalue weighted by Crippen LogP contribution is -2.45. The zero-order valence-electron chi connectivity index (χ0n) is 20.1. The van der Waals surface area contributed by atoms with Crippen LogP contribution in [-0.2, 0) is 4.43 Å². The van der Waals surface area contributed by atoms with E-state index in [4.69, 9.17) is 13.5 Å². The summed E-state index contributed by atoms with van der Waals surface area (Å²) < 4.78 is 19.2. The van der Waals surface area contributed by atoms with E-state index < -0.39 is 16.7 Å². The predicted molar refractivity (Wildman–Crippen MR) is 139 cm³/mol. The van der Waals surface area contributed by atoms with E-state index in [1.807, 2.05) is 60.7 Å². The van der Waals surface area contributed by atoms with E-state index in [0.717, 1.165) is 36.9 Å². The Hall–Kier alpha value is -1.87. The van der Waals surface area contributed by atoms with Gasteiger partial charge in [-0.2, -0.15) is 0 Å². The Morgan fingerprint density at radius 1 is 0.938 bits per heavy atom. The Morgan fingerprint density at radius 2 is 1.47 bits per heavy atom. The third kappa shape index (κ3) is 7.06. The highest BCUT2D eigenvalue weighted by Crippen LogP contribution is 2.43. The standard InChI is InChI=1S/C27H37O3PSi/c1-22-17-18-23(21-26(22)30-32(5,6)27(2,3)4)19-20-31(28-24-13-9-7-10-14-24)29-25-15-11-8-12-16-25/h7-16,19,26H,1,17-18,20-21H2,2-6H3/b23-19-/t26-/m1/s1. The van der Waals surface area contributed by atoms with Gasteiger partial charge in [0.1, 0.15) is 11.5 Å². The number of hydrogen-bond acceptors (Lipinski definition) is 3. The van der Waals surface area contributed by atoms with Crippen LogP contribution < -0.4 is 9.05 Å². The minimum Gasteiger partial charge on any atom is -0.438 e. The highest BCUT2D eigenvalue weighted by molar-refractivity contribution is 7.48. The molecule has 0 amide bonds. The van der Waals surface area contributed by atoms with Gasteiger partial charge >= 0.3 is 0 Å². The number of para-hydroxylation sites is 2. The fourth-order valence-electron chi connectivity index (χ4n) is 3.30. The van der Waals surface area contributed by atoms with Gasteiger partial charge in [0, 0.05) is 0 Å². The molecule has 1 fully saturated rings. The highest BCUT2D eigenvalue weighted by Gasteiger charge is 2.40. The van der Waals surface area contributed by atoms with E-state index in [2.05, 4.69) is 46.5 Å². The van der Waals surface area contributed by atoms with Gasteiger partial charge in [-0.3, -0.25) is 0 Å². The van der Waals surface area contributed by atoms with Gasteiger partial charge in [-0.05, 0) is 67.2 Å². The first-order chi connectivity index (χ1) is 15.1. The van der Waals surface area contributed by atoms with Crippen LogP contribution in [0, 0.1) is 0 Å². The molecular formula is C27H37O3PSi. The molecule has 2 aromatic carbocycles. The van der Waals surface area contributed by atoms with E-state index in [-0.39, 0.29) is 11.1 Å². The molecular weight excluding hydrogens is 431 g/mol. The second kappa shape index (κ2) is 10.8. The summed E-state index contributed by atoms with van der Waals surface area (Å²) in [6, 6.07) is 19.8. The fourth-order valence-corrected chi connectivity index (χ4v) is 5.93. The van der Waals surface area contributed by atoms with Crippen molar-refractivity contribution >= 4 is 16.7 Å². The van der Waals surface area contributed by atoms with Crippen LogP contribution in [0.2, 0.25) is 18.1 Å². The van der Waals surface area contributed by atoms with Crippen LogP contribution in [-0.4, -0.2) is 20.6 Å². The normalized spacial score (nSPS) is 18.8. The lowest BCUT2D eigenvalue weighted by molar-refractivity contribution is 0.201. The molecule has 0 heterocycles. The first kappa shape index (κ1) is 24.8. The zero-order valence-corrected chi connectivity index (χ0v) is 22.0. The number of allylic oxidation sites excluding steroid dienone is 1. The molecule has 0 aliphatic heterocycles. The van der Waals surface area contributed by atoms with Gasteiger partial charge < -0.3 is 13.5 Å². The number of hydrogen-bond donors (Lipinski definition) is 0. The zero-order chi connectivity index (χ0) is 23.2. The molecule has 1 saturated carbocycles. The van der Waals surface area contributed by atoms with Crippen LogP contribution >= 0.6 is 8.38 Å². The van der Waals surface area contributed by atoms with Gasteiger partial charge in [0.15, 0.2) is 8.32 Å². The van der Waals surface area contributed by atoms with E-state index in [1.54, 1.807) is 0 Å². The maximum absolute atomic E-state index is 6.73. The summed E-state index contributed by atoms with van der Waals surface area (Å²) in [4.78, 5) is 0. The summed E-state index contributed by atoms with van der Waals surface area (Å²) in [6.07, 6.45) is 6.12. The molecule has 1 atom stereocenters. The second-order valence-electron chi connectivity index (χ2n) is 9.92. The molecule has 5 heteroatoms. The maximum Gasteiger partial charge on any atom is 0.294 e. The van der Waals surface area contributed by atoms with Gasteiger partial charge in [-0.1, -0.05) is 75.4 Å². The Bertz CT molecular complexity index is 862. The summed E-state index contributed by atoms with van der Waals surface area (Å²) in [7, 11) is -2.98.